The van der Waals surface area contributed by atoms with E-state index in [1.54, 1.807) is 12.3 Å². The average Bonchev–Trinajstić information content (AvgIpc) is 2.68. The minimum atomic E-state index is -0.292. The molecular formula is C21H18Cl2N2O. The maximum atomic E-state index is 12.6. The van der Waals surface area contributed by atoms with Gasteiger partial charge in [0, 0.05) is 12.6 Å². The zero-order valence-electron chi connectivity index (χ0n) is 14.0. The van der Waals surface area contributed by atoms with Crippen molar-refractivity contribution >= 4 is 29.1 Å². The van der Waals surface area contributed by atoms with Crippen molar-refractivity contribution in [3.63, 3.8) is 0 Å². The van der Waals surface area contributed by atoms with Crippen LogP contribution in [0.1, 0.15) is 29.3 Å². The van der Waals surface area contributed by atoms with Gasteiger partial charge >= 0.3 is 0 Å². The minimum absolute atomic E-state index is 0.0689. The molecule has 3 aromatic rings. The summed E-state index contributed by atoms with van der Waals surface area (Å²) in [5.41, 5.74) is 2.65. The number of aromatic nitrogens is 1. The standard InChI is InChI=1S/C21H18Cl2N2O/c22-17-10-6-9-15(20(17)23)12-13-19(26)25-21(16-7-2-1-3-8-16)18-11-4-5-14-24-18/h1-11,14,21H,12-13H2,(H,25,26). The van der Waals surface area contributed by atoms with Crippen LogP contribution in [0, 0.1) is 0 Å². The predicted molar refractivity (Wildman–Crippen MR) is 105 cm³/mol. The minimum Gasteiger partial charge on any atom is -0.344 e. The van der Waals surface area contributed by atoms with Crippen molar-refractivity contribution in [2.75, 3.05) is 0 Å². The number of pyridine rings is 1. The summed E-state index contributed by atoms with van der Waals surface area (Å²) in [7, 11) is 0. The van der Waals surface area contributed by atoms with Gasteiger partial charge in [0.25, 0.3) is 0 Å². The van der Waals surface area contributed by atoms with Crippen molar-refractivity contribution in [2.45, 2.75) is 18.9 Å². The van der Waals surface area contributed by atoms with E-state index >= 15 is 0 Å². The van der Waals surface area contributed by atoms with Crippen LogP contribution in [0.3, 0.4) is 0 Å². The van der Waals surface area contributed by atoms with Crippen molar-refractivity contribution in [3.05, 3.63) is 99.8 Å². The Kier molecular flexibility index (Phi) is 6.26. The molecule has 1 aromatic heterocycles. The maximum absolute atomic E-state index is 12.6. The molecule has 1 unspecified atom stereocenters. The van der Waals surface area contributed by atoms with Crippen molar-refractivity contribution in [1.82, 2.24) is 10.3 Å². The molecule has 5 heteroatoms. The number of carbonyl (C=O) groups is 1. The second-order valence-electron chi connectivity index (χ2n) is 5.88. The predicted octanol–water partition coefficient (Wildman–Crippen LogP) is 5.23. The van der Waals surface area contributed by atoms with Crippen LogP contribution < -0.4 is 5.32 Å². The largest absolute Gasteiger partial charge is 0.344 e. The van der Waals surface area contributed by atoms with E-state index in [0.29, 0.717) is 22.9 Å². The van der Waals surface area contributed by atoms with E-state index in [0.717, 1.165) is 16.8 Å². The molecule has 1 N–H and O–H groups in total. The first kappa shape index (κ1) is 18.4. The number of hydrogen-bond donors (Lipinski definition) is 1. The number of halogens is 2. The summed E-state index contributed by atoms with van der Waals surface area (Å²) in [6, 6.07) is 20.6. The summed E-state index contributed by atoms with van der Waals surface area (Å²) >= 11 is 12.2. The Morgan fingerprint density at radius 3 is 2.46 bits per heavy atom. The third-order valence-corrected chi connectivity index (χ3v) is 4.93. The molecule has 1 heterocycles. The lowest BCUT2D eigenvalue weighted by Gasteiger charge is -2.19. The van der Waals surface area contributed by atoms with E-state index in [2.05, 4.69) is 10.3 Å². The van der Waals surface area contributed by atoms with Gasteiger partial charge in [-0.1, -0.05) is 71.7 Å². The summed E-state index contributed by atoms with van der Waals surface area (Å²) in [5.74, 6) is -0.0689. The van der Waals surface area contributed by atoms with Gasteiger partial charge < -0.3 is 5.32 Å². The van der Waals surface area contributed by atoms with Crippen molar-refractivity contribution in [2.24, 2.45) is 0 Å². The number of amides is 1. The smallest absolute Gasteiger partial charge is 0.221 e. The molecule has 0 aliphatic rings. The Labute approximate surface area is 163 Å². The maximum Gasteiger partial charge on any atom is 0.221 e. The monoisotopic (exact) mass is 384 g/mol. The van der Waals surface area contributed by atoms with Crippen LogP contribution in [0.2, 0.25) is 10.0 Å². The molecule has 0 saturated heterocycles. The Bertz CT molecular complexity index is 830. The lowest BCUT2D eigenvalue weighted by atomic mass is 10.0. The molecule has 2 aromatic carbocycles. The summed E-state index contributed by atoms with van der Waals surface area (Å²) < 4.78 is 0. The van der Waals surface area contributed by atoms with Crippen LogP contribution >= 0.6 is 23.2 Å². The average molecular weight is 385 g/mol. The van der Waals surface area contributed by atoms with Gasteiger partial charge in [0.05, 0.1) is 21.8 Å². The van der Waals surface area contributed by atoms with Gasteiger partial charge in [-0.05, 0) is 35.7 Å². The lowest BCUT2D eigenvalue weighted by Crippen LogP contribution is -2.30. The first-order valence-electron chi connectivity index (χ1n) is 8.33. The fourth-order valence-corrected chi connectivity index (χ4v) is 3.16. The molecule has 0 bridgehead atoms. The normalized spacial score (nSPS) is 11.8. The van der Waals surface area contributed by atoms with Crippen LogP contribution in [0.25, 0.3) is 0 Å². The quantitative estimate of drug-likeness (QED) is 0.632. The van der Waals surface area contributed by atoms with Crippen LogP contribution in [0.4, 0.5) is 0 Å². The molecule has 132 valence electrons. The highest BCUT2D eigenvalue weighted by atomic mass is 35.5. The summed E-state index contributed by atoms with van der Waals surface area (Å²) in [6.07, 6.45) is 2.56. The Morgan fingerprint density at radius 2 is 1.73 bits per heavy atom. The Balaban J connectivity index is 1.73. The third-order valence-electron chi connectivity index (χ3n) is 4.07. The van der Waals surface area contributed by atoms with Gasteiger partial charge in [0.2, 0.25) is 5.91 Å². The molecular weight excluding hydrogens is 367 g/mol. The highest BCUT2D eigenvalue weighted by molar-refractivity contribution is 6.42. The fraction of sp³-hybridized carbons (Fsp3) is 0.143. The second-order valence-corrected chi connectivity index (χ2v) is 6.66. The molecule has 0 fully saturated rings. The van der Waals surface area contributed by atoms with E-state index in [9.17, 15) is 4.79 Å². The fourth-order valence-electron chi connectivity index (χ4n) is 2.74. The van der Waals surface area contributed by atoms with Crippen molar-refractivity contribution in [3.8, 4) is 0 Å². The van der Waals surface area contributed by atoms with Gasteiger partial charge in [-0.2, -0.15) is 0 Å². The van der Waals surface area contributed by atoms with Gasteiger partial charge in [-0.15, -0.1) is 0 Å². The zero-order valence-corrected chi connectivity index (χ0v) is 15.5. The zero-order chi connectivity index (χ0) is 18.4. The van der Waals surface area contributed by atoms with Crippen LogP contribution in [-0.2, 0) is 11.2 Å². The van der Waals surface area contributed by atoms with Crippen LogP contribution in [0.5, 0.6) is 0 Å². The number of nitrogens with zero attached hydrogens (tertiary/aromatic N) is 1. The van der Waals surface area contributed by atoms with E-state index in [1.165, 1.54) is 0 Å². The molecule has 1 atom stereocenters. The summed E-state index contributed by atoms with van der Waals surface area (Å²) in [4.78, 5) is 17.0. The number of carbonyl (C=O) groups excluding carboxylic acids is 1. The van der Waals surface area contributed by atoms with Crippen LogP contribution in [-0.4, -0.2) is 10.9 Å². The topological polar surface area (TPSA) is 42.0 Å². The van der Waals surface area contributed by atoms with Crippen LogP contribution in [0.15, 0.2) is 72.9 Å². The molecule has 0 aliphatic carbocycles. The highest BCUT2D eigenvalue weighted by Gasteiger charge is 2.18. The summed E-state index contributed by atoms with van der Waals surface area (Å²) in [5, 5.41) is 4.08. The number of aryl methyl sites for hydroxylation is 1. The van der Waals surface area contributed by atoms with E-state index in [4.69, 9.17) is 23.2 Å². The van der Waals surface area contributed by atoms with Gasteiger partial charge in [-0.25, -0.2) is 0 Å². The number of benzene rings is 2. The van der Waals surface area contributed by atoms with Crippen molar-refractivity contribution in [1.29, 1.82) is 0 Å². The molecule has 26 heavy (non-hydrogen) atoms. The number of nitrogens with one attached hydrogen (secondary N) is 1. The lowest BCUT2D eigenvalue weighted by molar-refractivity contribution is -0.121. The summed E-state index contributed by atoms with van der Waals surface area (Å²) in [6.45, 7) is 0. The van der Waals surface area contributed by atoms with Crippen molar-refractivity contribution < 1.29 is 4.79 Å². The van der Waals surface area contributed by atoms with E-state index < -0.39 is 0 Å². The molecule has 3 rings (SSSR count). The highest BCUT2D eigenvalue weighted by Crippen LogP contribution is 2.26. The van der Waals surface area contributed by atoms with Gasteiger partial charge in [-0.3, -0.25) is 9.78 Å². The Hall–Kier alpha value is -2.36. The third kappa shape index (κ3) is 4.63. The van der Waals surface area contributed by atoms with Gasteiger partial charge in [0.15, 0.2) is 0 Å². The SMILES string of the molecule is O=C(CCc1cccc(Cl)c1Cl)NC(c1ccccc1)c1ccccn1. The molecule has 0 saturated carbocycles. The first-order chi connectivity index (χ1) is 12.6. The molecule has 3 nitrogen and oxygen atoms in total. The Morgan fingerprint density at radius 1 is 0.962 bits per heavy atom. The number of rotatable bonds is 6. The molecule has 0 radical (unpaired) electrons. The molecule has 0 aliphatic heterocycles. The van der Waals surface area contributed by atoms with Gasteiger partial charge in [0.1, 0.15) is 0 Å². The molecule has 1 amide bonds. The number of hydrogen-bond acceptors (Lipinski definition) is 2. The molecule has 0 spiro atoms. The van der Waals surface area contributed by atoms with E-state index in [-0.39, 0.29) is 11.9 Å². The van der Waals surface area contributed by atoms with E-state index in [1.807, 2.05) is 60.7 Å². The second kappa shape index (κ2) is 8.84. The first-order valence-corrected chi connectivity index (χ1v) is 9.09.